The number of benzene rings is 1. The molecule has 0 aliphatic heterocycles. The molecule has 0 unspecified atom stereocenters. The van der Waals surface area contributed by atoms with Gasteiger partial charge in [-0.05, 0) is 39.6 Å². The van der Waals surface area contributed by atoms with Gasteiger partial charge in [0.15, 0.2) is 0 Å². The number of imidazole rings is 1. The summed E-state index contributed by atoms with van der Waals surface area (Å²) in [6.07, 6.45) is 2.08. The van der Waals surface area contributed by atoms with Crippen molar-refractivity contribution in [2.45, 2.75) is 6.54 Å². The molecule has 22 heavy (non-hydrogen) atoms. The smallest absolute Gasteiger partial charge is 0.343 e. The molecule has 118 valence electrons. The predicted octanol–water partition coefficient (Wildman–Crippen LogP) is 2.04. The van der Waals surface area contributed by atoms with Gasteiger partial charge in [0.2, 0.25) is 5.82 Å². The molecule has 0 aliphatic rings. The molecule has 0 aliphatic carbocycles. The molecule has 0 saturated carbocycles. The molecule has 1 aromatic heterocycles. The Bertz CT molecular complexity index is 803. The van der Waals surface area contributed by atoms with Gasteiger partial charge in [0, 0.05) is 3.57 Å². The predicted molar refractivity (Wildman–Crippen MR) is 87.8 cm³/mol. The quantitative estimate of drug-likeness (QED) is 0.297. The Morgan fingerprint density at radius 2 is 2.09 bits per heavy atom. The highest BCUT2D eigenvalue weighted by molar-refractivity contribution is 14.1. The van der Waals surface area contributed by atoms with Crippen molar-refractivity contribution in [2.75, 3.05) is 12.9 Å². The van der Waals surface area contributed by atoms with Gasteiger partial charge in [-0.2, -0.15) is 8.42 Å². The van der Waals surface area contributed by atoms with E-state index in [1.807, 2.05) is 12.1 Å². The maximum Gasteiger partial charge on any atom is 0.343 e. The second-order valence-corrected chi connectivity index (χ2v) is 7.16. The van der Waals surface area contributed by atoms with Gasteiger partial charge in [-0.3, -0.25) is 4.18 Å². The van der Waals surface area contributed by atoms with E-state index in [0.29, 0.717) is 5.82 Å². The maximum atomic E-state index is 11.1. The minimum Gasteiger partial charge on any atom is -0.358 e. The normalized spacial score (nSPS) is 11.5. The summed E-state index contributed by atoms with van der Waals surface area (Å²) < 4.78 is 28.9. The van der Waals surface area contributed by atoms with Crippen LogP contribution in [0.4, 0.5) is 5.82 Å². The average Bonchev–Trinajstić information content (AvgIpc) is 2.82. The van der Waals surface area contributed by atoms with Crippen LogP contribution in [0.15, 0.2) is 30.5 Å². The topological polar surface area (TPSA) is 104 Å². The fourth-order valence-corrected chi connectivity index (χ4v) is 2.88. The van der Waals surface area contributed by atoms with E-state index in [4.69, 9.17) is 0 Å². The average molecular weight is 437 g/mol. The monoisotopic (exact) mass is 437 g/mol. The first-order valence-corrected chi connectivity index (χ1v) is 8.98. The van der Waals surface area contributed by atoms with Crippen molar-refractivity contribution in [3.05, 3.63) is 44.1 Å². The fraction of sp³-hybridized carbons (Fsp3) is 0.250. The van der Waals surface area contributed by atoms with Gasteiger partial charge >= 0.3 is 5.82 Å². The third-order valence-corrected chi connectivity index (χ3v) is 4.28. The third kappa shape index (κ3) is 4.01. The van der Waals surface area contributed by atoms with Crippen LogP contribution in [0.1, 0.15) is 0 Å². The van der Waals surface area contributed by atoms with Gasteiger partial charge in [-0.1, -0.05) is 12.1 Å². The van der Waals surface area contributed by atoms with Crippen LogP contribution in [0, 0.1) is 13.7 Å². The Labute approximate surface area is 140 Å². The number of halogens is 1. The number of aromatic nitrogens is 2. The standard InChI is InChI=1S/C12H12IN3O5S/c1-22(19,20)21-7-6-15-11(16(17)18)8-14-12(15)9-4-2-3-5-10(9)13/h2-5,8H,6-7H2,1H3. The molecular formula is C12H12IN3O5S. The van der Waals surface area contributed by atoms with Crippen molar-refractivity contribution in [2.24, 2.45) is 0 Å². The van der Waals surface area contributed by atoms with Crippen molar-refractivity contribution in [3.8, 4) is 11.4 Å². The first kappa shape index (κ1) is 16.8. The van der Waals surface area contributed by atoms with E-state index in [-0.39, 0.29) is 19.0 Å². The van der Waals surface area contributed by atoms with Gasteiger partial charge in [0.25, 0.3) is 10.1 Å². The second-order valence-electron chi connectivity index (χ2n) is 4.35. The molecule has 2 rings (SSSR count). The van der Waals surface area contributed by atoms with Gasteiger partial charge in [0.1, 0.15) is 19.3 Å². The third-order valence-electron chi connectivity index (χ3n) is 2.75. The number of hydrogen-bond donors (Lipinski definition) is 0. The minimum absolute atomic E-state index is 0.00366. The first-order chi connectivity index (χ1) is 10.3. The van der Waals surface area contributed by atoms with Crippen LogP contribution in [0.3, 0.4) is 0 Å². The summed E-state index contributed by atoms with van der Waals surface area (Å²) in [5, 5.41) is 11.1. The van der Waals surface area contributed by atoms with Crippen LogP contribution in [0.2, 0.25) is 0 Å². The van der Waals surface area contributed by atoms with Crippen LogP contribution in [0.5, 0.6) is 0 Å². The van der Waals surface area contributed by atoms with Crippen LogP contribution < -0.4 is 0 Å². The van der Waals surface area contributed by atoms with E-state index in [0.717, 1.165) is 21.6 Å². The van der Waals surface area contributed by atoms with E-state index in [1.165, 1.54) is 4.57 Å². The molecule has 0 atom stereocenters. The number of hydrogen-bond acceptors (Lipinski definition) is 6. The van der Waals surface area contributed by atoms with Crippen LogP contribution in [-0.4, -0.2) is 35.8 Å². The minimum atomic E-state index is -3.60. The molecule has 2 aromatic rings. The lowest BCUT2D eigenvalue weighted by atomic mass is 10.2. The van der Waals surface area contributed by atoms with Gasteiger partial charge in [-0.15, -0.1) is 0 Å². The number of rotatable bonds is 6. The Hall–Kier alpha value is -1.53. The molecule has 1 heterocycles. The van der Waals surface area contributed by atoms with Crippen LogP contribution >= 0.6 is 22.6 Å². The molecule has 1 aromatic carbocycles. The maximum absolute atomic E-state index is 11.1. The van der Waals surface area contributed by atoms with E-state index in [9.17, 15) is 18.5 Å². The highest BCUT2D eigenvalue weighted by atomic mass is 127. The summed E-state index contributed by atoms with van der Waals surface area (Å²) in [7, 11) is -3.60. The Morgan fingerprint density at radius 3 is 2.68 bits per heavy atom. The van der Waals surface area contributed by atoms with Crippen LogP contribution in [-0.2, 0) is 20.8 Å². The lowest BCUT2D eigenvalue weighted by Crippen LogP contribution is -2.13. The summed E-state index contributed by atoms with van der Waals surface area (Å²) in [5.74, 6) is 0.181. The Morgan fingerprint density at radius 1 is 1.41 bits per heavy atom. The fourth-order valence-electron chi connectivity index (χ4n) is 1.87. The Kier molecular flexibility index (Phi) is 5.13. The van der Waals surface area contributed by atoms with E-state index in [2.05, 4.69) is 31.8 Å². The molecule has 0 radical (unpaired) electrons. The molecule has 0 saturated heterocycles. The molecule has 0 N–H and O–H groups in total. The van der Waals surface area contributed by atoms with E-state index < -0.39 is 15.0 Å². The molecule has 10 heteroatoms. The zero-order valence-corrected chi connectivity index (χ0v) is 14.4. The highest BCUT2D eigenvalue weighted by Gasteiger charge is 2.23. The highest BCUT2D eigenvalue weighted by Crippen LogP contribution is 2.27. The summed E-state index contributed by atoms with van der Waals surface area (Å²) in [6.45, 7) is -0.198. The van der Waals surface area contributed by atoms with Crippen molar-refractivity contribution in [1.82, 2.24) is 9.55 Å². The van der Waals surface area contributed by atoms with Crippen molar-refractivity contribution < 1.29 is 17.5 Å². The molecule has 0 spiro atoms. The van der Waals surface area contributed by atoms with Crippen molar-refractivity contribution in [3.63, 3.8) is 0 Å². The molecular weight excluding hydrogens is 425 g/mol. The zero-order valence-electron chi connectivity index (χ0n) is 11.5. The molecule has 0 fully saturated rings. The summed E-state index contributed by atoms with van der Waals surface area (Å²) in [5.41, 5.74) is 0.732. The lowest BCUT2D eigenvalue weighted by molar-refractivity contribution is -0.392. The van der Waals surface area contributed by atoms with Crippen LogP contribution in [0.25, 0.3) is 11.4 Å². The van der Waals surface area contributed by atoms with Crippen molar-refractivity contribution >= 4 is 38.5 Å². The van der Waals surface area contributed by atoms with Gasteiger partial charge in [-0.25, -0.2) is 9.55 Å². The van der Waals surface area contributed by atoms with Gasteiger partial charge < -0.3 is 10.1 Å². The van der Waals surface area contributed by atoms with Gasteiger partial charge in [0.05, 0.1) is 11.8 Å². The number of nitrogens with zero attached hydrogens (tertiary/aromatic N) is 3. The largest absolute Gasteiger partial charge is 0.358 e. The SMILES string of the molecule is CS(=O)(=O)OCCn1c([N+](=O)[O-])cnc1-c1ccccc1I. The first-order valence-electron chi connectivity index (χ1n) is 6.09. The van der Waals surface area contributed by atoms with E-state index >= 15 is 0 Å². The molecule has 0 bridgehead atoms. The summed E-state index contributed by atoms with van der Waals surface area (Å²) in [6, 6.07) is 7.30. The number of nitro groups is 1. The summed E-state index contributed by atoms with van der Waals surface area (Å²) >= 11 is 2.11. The second kappa shape index (κ2) is 6.71. The zero-order chi connectivity index (χ0) is 16.3. The van der Waals surface area contributed by atoms with E-state index in [1.54, 1.807) is 12.1 Å². The molecule has 0 amide bonds. The van der Waals surface area contributed by atoms with Crippen molar-refractivity contribution in [1.29, 1.82) is 0 Å². The molecule has 8 nitrogen and oxygen atoms in total. The lowest BCUT2D eigenvalue weighted by Gasteiger charge is -2.06. The summed E-state index contributed by atoms with van der Waals surface area (Å²) in [4.78, 5) is 14.6. The Balaban J connectivity index is 2.39.